The normalized spacial score (nSPS) is 18.4. The molecule has 1 aromatic carbocycles. The Morgan fingerprint density at radius 3 is 2.67 bits per heavy atom. The maximum absolute atomic E-state index is 12.7. The maximum atomic E-state index is 12.7. The Bertz CT molecular complexity index is 988. The summed E-state index contributed by atoms with van der Waals surface area (Å²) in [6.07, 6.45) is 3.33. The molecule has 2 aromatic rings. The Kier molecular flexibility index (Phi) is 4.02. The van der Waals surface area contributed by atoms with Gasteiger partial charge in [0.15, 0.2) is 5.78 Å². The van der Waals surface area contributed by atoms with Gasteiger partial charge in [-0.25, -0.2) is 9.48 Å². The number of carbonyl (C=O) groups excluding carboxylic acids is 3. The van der Waals surface area contributed by atoms with Crippen molar-refractivity contribution in [2.75, 3.05) is 12.4 Å². The Labute approximate surface area is 155 Å². The van der Waals surface area contributed by atoms with Crippen molar-refractivity contribution in [3.05, 3.63) is 58.4 Å². The molecule has 3 N–H and O–H groups in total. The summed E-state index contributed by atoms with van der Waals surface area (Å²) in [5.41, 5.74) is 8.37. The molecule has 0 unspecified atom stereocenters. The minimum atomic E-state index is -0.588. The van der Waals surface area contributed by atoms with Gasteiger partial charge in [0.1, 0.15) is 17.4 Å². The number of nitrogens with zero attached hydrogens (tertiary/aromatic N) is 2. The lowest BCUT2D eigenvalue weighted by molar-refractivity contribution is -0.116. The second-order valence-electron chi connectivity index (χ2n) is 6.53. The Morgan fingerprint density at radius 2 is 2.00 bits per heavy atom. The number of amides is 1. The SMILES string of the molecule is COC(=O)c1ccc([C@H]2C3=C(CCCC3=O)Nc3c(C(N)=O)cnn32)cc1. The van der Waals surface area contributed by atoms with E-state index in [1.165, 1.54) is 13.3 Å². The standard InChI is InChI=1S/C19H18N4O4/c1-27-19(26)11-7-5-10(6-8-11)16-15-13(3-2-4-14(15)24)22-18-12(17(20)25)9-21-23(16)18/h5-9,16,22H,2-4H2,1H3,(H2,20,25)/t16-/m0/s1. The molecule has 2 heterocycles. The zero-order chi connectivity index (χ0) is 19.1. The van der Waals surface area contributed by atoms with Crippen LogP contribution in [0.25, 0.3) is 0 Å². The second-order valence-corrected chi connectivity index (χ2v) is 6.53. The summed E-state index contributed by atoms with van der Waals surface area (Å²) in [5, 5.41) is 7.49. The first-order chi connectivity index (χ1) is 13.0. The molecule has 1 aliphatic heterocycles. The van der Waals surface area contributed by atoms with Crippen molar-refractivity contribution in [2.24, 2.45) is 5.73 Å². The maximum Gasteiger partial charge on any atom is 0.337 e. The van der Waals surface area contributed by atoms with E-state index in [0.717, 1.165) is 17.7 Å². The van der Waals surface area contributed by atoms with Crippen LogP contribution in [0.4, 0.5) is 5.82 Å². The van der Waals surface area contributed by atoms with E-state index in [0.29, 0.717) is 29.8 Å². The summed E-state index contributed by atoms with van der Waals surface area (Å²) in [4.78, 5) is 36.1. The third-order valence-electron chi connectivity index (χ3n) is 4.95. The highest BCUT2D eigenvalue weighted by Crippen LogP contribution is 2.41. The number of benzene rings is 1. The summed E-state index contributed by atoms with van der Waals surface area (Å²) >= 11 is 0. The Hall–Kier alpha value is -3.42. The molecule has 8 nitrogen and oxygen atoms in total. The third kappa shape index (κ3) is 2.69. The van der Waals surface area contributed by atoms with Crippen LogP contribution >= 0.6 is 0 Å². The molecular formula is C19H18N4O4. The van der Waals surface area contributed by atoms with Crippen molar-refractivity contribution in [1.29, 1.82) is 0 Å². The van der Waals surface area contributed by atoms with Crippen LogP contribution in [0.2, 0.25) is 0 Å². The molecule has 0 radical (unpaired) electrons. The first-order valence-corrected chi connectivity index (χ1v) is 8.60. The van der Waals surface area contributed by atoms with Crippen molar-refractivity contribution in [1.82, 2.24) is 9.78 Å². The Morgan fingerprint density at radius 1 is 1.26 bits per heavy atom. The van der Waals surface area contributed by atoms with Crippen LogP contribution in [-0.4, -0.2) is 34.6 Å². The van der Waals surface area contributed by atoms with Gasteiger partial charge in [-0.3, -0.25) is 9.59 Å². The van der Waals surface area contributed by atoms with Gasteiger partial charge in [0, 0.05) is 17.7 Å². The van der Waals surface area contributed by atoms with Gasteiger partial charge < -0.3 is 15.8 Å². The van der Waals surface area contributed by atoms with Crippen molar-refractivity contribution < 1.29 is 19.1 Å². The number of ether oxygens (including phenoxy) is 1. The van der Waals surface area contributed by atoms with Gasteiger partial charge in [0.2, 0.25) is 0 Å². The van der Waals surface area contributed by atoms with Gasteiger partial charge in [0.25, 0.3) is 5.91 Å². The number of hydrogen-bond donors (Lipinski definition) is 2. The van der Waals surface area contributed by atoms with Crippen molar-refractivity contribution in [3.63, 3.8) is 0 Å². The highest BCUT2D eigenvalue weighted by atomic mass is 16.5. The van der Waals surface area contributed by atoms with Gasteiger partial charge >= 0.3 is 5.97 Å². The highest BCUT2D eigenvalue weighted by molar-refractivity contribution is 6.02. The number of carbonyl (C=O) groups is 3. The number of hydrogen-bond acceptors (Lipinski definition) is 6. The number of methoxy groups -OCH3 is 1. The van der Waals surface area contributed by atoms with Gasteiger partial charge in [-0.15, -0.1) is 0 Å². The van der Waals surface area contributed by atoms with Gasteiger partial charge in [-0.05, 0) is 30.5 Å². The number of ketones is 1. The fourth-order valence-corrected chi connectivity index (χ4v) is 3.67. The molecule has 27 heavy (non-hydrogen) atoms. The summed E-state index contributed by atoms with van der Waals surface area (Å²) in [5.74, 6) is -0.489. The van der Waals surface area contributed by atoms with Gasteiger partial charge in [0.05, 0.1) is 18.9 Å². The highest BCUT2D eigenvalue weighted by Gasteiger charge is 2.37. The number of fused-ring (bicyclic) bond motifs is 1. The monoisotopic (exact) mass is 366 g/mol. The van der Waals surface area contributed by atoms with E-state index >= 15 is 0 Å². The molecule has 2 aliphatic rings. The molecule has 0 fully saturated rings. The Balaban J connectivity index is 1.86. The quantitative estimate of drug-likeness (QED) is 0.800. The lowest BCUT2D eigenvalue weighted by Gasteiger charge is -2.33. The van der Waals surface area contributed by atoms with E-state index in [9.17, 15) is 14.4 Å². The summed E-state index contributed by atoms with van der Waals surface area (Å²) < 4.78 is 6.34. The van der Waals surface area contributed by atoms with Crippen LogP contribution in [0.15, 0.2) is 41.7 Å². The molecular weight excluding hydrogens is 348 g/mol. The zero-order valence-corrected chi connectivity index (χ0v) is 14.7. The lowest BCUT2D eigenvalue weighted by atomic mass is 9.85. The minimum Gasteiger partial charge on any atom is -0.465 e. The molecule has 8 heteroatoms. The molecule has 0 saturated heterocycles. The number of nitrogens with one attached hydrogen (secondary N) is 1. The molecule has 0 saturated carbocycles. The van der Waals surface area contributed by atoms with E-state index in [-0.39, 0.29) is 11.3 Å². The first-order valence-electron chi connectivity index (χ1n) is 8.60. The number of rotatable bonds is 3. The second kappa shape index (κ2) is 6.39. The van der Waals surface area contributed by atoms with E-state index in [1.807, 2.05) is 0 Å². The van der Waals surface area contributed by atoms with Gasteiger partial charge in [-0.1, -0.05) is 12.1 Å². The molecule has 1 aliphatic carbocycles. The number of allylic oxidation sites excluding steroid dienone is 2. The molecule has 0 bridgehead atoms. The van der Waals surface area contributed by atoms with E-state index in [1.54, 1.807) is 28.9 Å². The molecule has 4 rings (SSSR count). The molecule has 0 spiro atoms. The molecule has 1 amide bonds. The predicted octanol–water partition coefficient (Wildman–Crippen LogP) is 1.79. The number of Topliss-reactive ketones (excluding diaryl/α,β-unsaturated/α-hetero) is 1. The minimum absolute atomic E-state index is 0.0487. The largest absolute Gasteiger partial charge is 0.465 e. The summed E-state index contributed by atoms with van der Waals surface area (Å²) in [6.45, 7) is 0. The average Bonchev–Trinajstić information content (AvgIpc) is 3.10. The van der Waals surface area contributed by atoms with Crippen LogP contribution < -0.4 is 11.1 Å². The van der Waals surface area contributed by atoms with Crippen molar-refractivity contribution >= 4 is 23.5 Å². The smallest absolute Gasteiger partial charge is 0.337 e. The first kappa shape index (κ1) is 17.0. The third-order valence-corrected chi connectivity index (χ3v) is 4.95. The summed E-state index contributed by atoms with van der Waals surface area (Å²) in [7, 11) is 1.32. The fraction of sp³-hybridized carbons (Fsp3) is 0.263. The average molecular weight is 366 g/mol. The fourth-order valence-electron chi connectivity index (χ4n) is 3.67. The van der Waals surface area contributed by atoms with E-state index in [2.05, 4.69) is 10.4 Å². The van der Waals surface area contributed by atoms with E-state index in [4.69, 9.17) is 10.5 Å². The van der Waals surface area contributed by atoms with Crippen molar-refractivity contribution in [2.45, 2.75) is 25.3 Å². The topological polar surface area (TPSA) is 116 Å². The van der Waals surface area contributed by atoms with Gasteiger partial charge in [-0.2, -0.15) is 5.10 Å². The molecule has 138 valence electrons. The van der Waals surface area contributed by atoms with Crippen LogP contribution in [0.1, 0.15) is 51.6 Å². The predicted molar refractivity (Wildman–Crippen MR) is 96.2 cm³/mol. The molecule has 1 atom stereocenters. The van der Waals surface area contributed by atoms with Crippen molar-refractivity contribution in [3.8, 4) is 0 Å². The number of esters is 1. The number of anilines is 1. The number of primary amides is 1. The van der Waals surface area contributed by atoms with Crippen LogP contribution in [0, 0.1) is 0 Å². The van der Waals surface area contributed by atoms with Crippen LogP contribution in [-0.2, 0) is 9.53 Å². The zero-order valence-electron chi connectivity index (χ0n) is 14.7. The molecule has 1 aromatic heterocycles. The number of aromatic nitrogens is 2. The number of nitrogens with two attached hydrogens (primary N) is 1. The van der Waals surface area contributed by atoms with Crippen LogP contribution in [0.3, 0.4) is 0 Å². The van der Waals surface area contributed by atoms with E-state index < -0.39 is 17.9 Å². The summed E-state index contributed by atoms with van der Waals surface area (Å²) in [6, 6.07) is 6.35. The van der Waals surface area contributed by atoms with Crippen LogP contribution in [0.5, 0.6) is 0 Å². The lowest BCUT2D eigenvalue weighted by Crippen LogP contribution is -2.32.